The Morgan fingerprint density at radius 1 is 1.00 bits per heavy atom. The van der Waals surface area contributed by atoms with Crippen LogP contribution in [0, 0.1) is 0 Å². The van der Waals surface area contributed by atoms with Gasteiger partial charge in [-0.15, -0.1) is 0 Å². The monoisotopic (exact) mass is 216 g/mol. The van der Waals surface area contributed by atoms with Gasteiger partial charge in [-0.2, -0.15) is 0 Å². The molecule has 3 heteroatoms. The van der Waals surface area contributed by atoms with Crippen molar-refractivity contribution in [3.8, 4) is 0 Å². The van der Waals surface area contributed by atoms with Crippen LogP contribution in [0.1, 0.15) is 51.9 Å². The minimum Gasteiger partial charge on any atom is -0.516 e. The largest absolute Gasteiger partial charge is 0.516 e. The molecule has 0 aromatic carbocycles. The van der Waals surface area contributed by atoms with E-state index in [-0.39, 0.29) is 6.10 Å². The molecule has 0 amide bonds. The molecule has 0 aliphatic carbocycles. The van der Waals surface area contributed by atoms with Crippen molar-refractivity contribution in [3.05, 3.63) is 12.3 Å². The van der Waals surface area contributed by atoms with Crippen molar-refractivity contribution in [3.63, 3.8) is 0 Å². The van der Waals surface area contributed by atoms with E-state index >= 15 is 0 Å². The third kappa shape index (κ3) is 9.76. The van der Waals surface area contributed by atoms with E-state index in [4.69, 9.17) is 5.11 Å². The summed E-state index contributed by atoms with van der Waals surface area (Å²) in [7, 11) is 0. The van der Waals surface area contributed by atoms with Crippen LogP contribution in [0.2, 0.25) is 0 Å². The average Bonchev–Trinajstić information content (AvgIpc) is 2.18. The van der Waals surface area contributed by atoms with Crippen LogP contribution in [0.25, 0.3) is 0 Å². The van der Waals surface area contributed by atoms with Crippen molar-refractivity contribution in [1.29, 1.82) is 0 Å². The summed E-state index contributed by atoms with van der Waals surface area (Å²) >= 11 is 0. The predicted molar refractivity (Wildman–Crippen MR) is 61.8 cm³/mol. The summed E-state index contributed by atoms with van der Waals surface area (Å²) < 4.78 is 0. The molecule has 0 rings (SSSR count). The minimum absolute atomic E-state index is 0.155. The Balaban J connectivity index is 3.24. The maximum atomic E-state index is 9.45. The van der Waals surface area contributed by atoms with Gasteiger partial charge in [-0.05, 0) is 25.3 Å². The Hall–Kier alpha value is -0.540. The molecule has 0 saturated carbocycles. The maximum Gasteiger partial charge on any atom is 0.0777 e. The number of hydrogen-bond donors (Lipinski definition) is 3. The van der Waals surface area contributed by atoms with Gasteiger partial charge in [-0.1, -0.05) is 32.6 Å². The van der Waals surface area contributed by atoms with Crippen molar-refractivity contribution in [2.24, 2.45) is 0 Å². The van der Waals surface area contributed by atoms with Crippen LogP contribution in [0.5, 0.6) is 0 Å². The summed E-state index contributed by atoms with van der Waals surface area (Å²) in [6.45, 7) is 2.07. The van der Waals surface area contributed by atoms with E-state index in [9.17, 15) is 10.2 Å². The molecule has 0 aliphatic rings. The summed E-state index contributed by atoms with van der Waals surface area (Å²) in [5.74, 6) is 0. The first-order valence-electron chi connectivity index (χ1n) is 5.87. The van der Waals surface area contributed by atoms with Crippen molar-refractivity contribution in [2.45, 2.75) is 64.1 Å². The highest BCUT2D eigenvalue weighted by molar-refractivity contribution is 4.81. The Labute approximate surface area is 92.4 Å². The van der Waals surface area contributed by atoms with Crippen LogP contribution in [0.3, 0.4) is 0 Å². The first-order chi connectivity index (χ1) is 7.20. The fourth-order valence-electron chi connectivity index (χ4n) is 1.58. The second-order valence-electron chi connectivity index (χ2n) is 3.99. The molecule has 0 bridgehead atoms. The smallest absolute Gasteiger partial charge is 0.0777 e. The zero-order valence-electron chi connectivity index (χ0n) is 9.60. The molecule has 0 aromatic rings. The maximum absolute atomic E-state index is 9.45. The van der Waals surface area contributed by atoms with Gasteiger partial charge in [0.1, 0.15) is 0 Å². The third-order valence-corrected chi connectivity index (χ3v) is 2.47. The molecule has 2 atom stereocenters. The lowest BCUT2D eigenvalue weighted by molar-refractivity contribution is 0.149. The van der Waals surface area contributed by atoms with Gasteiger partial charge in [0.25, 0.3) is 0 Å². The van der Waals surface area contributed by atoms with Gasteiger partial charge >= 0.3 is 0 Å². The fourth-order valence-corrected chi connectivity index (χ4v) is 1.58. The molecular formula is C12H24O3. The van der Waals surface area contributed by atoms with Crippen LogP contribution in [-0.2, 0) is 0 Å². The van der Waals surface area contributed by atoms with E-state index < -0.39 is 6.10 Å². The first-order valence-corrected chi connectivity index (χ1v) is 5.87. The second kappa shape index (κ2) is 9.99. The molecule has 0 aromatic heterocycles. The molecule has 0 saturated heterocycles. The topological polar surface area (TPSA) is 60.7 Å². The molecule has 3 nitrogen and oxygen atoms in total. The van der Waals surface area contributed by atoms with E-state index in [2.05, 4.69) is 6.92 Å². The van der Waals surface area contributed by atoms with Crippen LogP contribution in [0.15, 0.2) is 12.3 Å². The molecule has 2 unspecified atom stereocenters. The van der Waals surface area contributed by atoms with Gasteiger partial charge in [-0.3, -0.25) is 0 Å². The highest BCUT2D eigenvalue weighted by Crippen LogP contribution is 2.10. The van der Waals surface area contributed by atoms with Gasteiger partial charge in [0, 0.05) is 0 Å². The van der Waals surface area contributed by atoms with E-state index in [0.29, 0.717) is 6.42 Å². The van der Waals surface area contributed by atoms with E-state index in [0.717, 1.165) is 44.8 Å². The fraction of sp³-hybridized carbons (Fsp3) is 0.833. The molecular weight excluding hydrogens is 192 g/mol. The number of aliphatic hydroxyl groups is 3. The number of aliphatic hydroxyl groups excluding tert-OH is 3. The van der Waals surface area contributed by atoms with E-state index in [1.807, 2.05) is 0 Å². The zero-order valence-corrected chi connectivity index (χ0v) is 9.60. The van der Waals surface area contributed by atoms with E-state index in [1.165, 1.54) is 6.08 Å². The lowest BCUT2D eigenvalue weighted by atomic mass is 10.0. The van der Waals surface area contributed by atoms with Crippen molar-refractivity contribution < 1.29 is 15.3 Å². The highest BCUT2D eigenvalue weighted by Gasteiger charge is 2.03. The Morgan fingerprint density at radius 3 is 2.27 bits per heavy atom. The van der Waals surface area contributed by atoms with Crippen molar-refractivity contribution >= 4 is 0 Å². The number of hydrogen-bond acceptors (Lipinski definition) is 3. The first kappa shape index (κ1) is 14.5. The van der Waals surface area contributed by atoms with Gasteiger partial charge in [0.05, 0.1) is 18.5 Å². The van der Waals surface area contributed by atoms with Gasteiger partial charge in [0.15, 0.2) is 0 Å². The Kier molecular flexibility index (Phi) is 9.63. The van der Waals surface area contributed by atoms with Crippen LogP contribution in [-0.4, -0.2) is 27.5 Å². The van der Waals surface area contributed by atoms with E-state index in [1.54, 1.807) is 0 Å². The molecule has 0 fully saturated rings. The number of unbranched alkanes of at least 4 members (excludes halogenated alkanes) is 2. The average molecular weight is 216 g/mol. The van der Waals surface area contributed by atoms with Crippen molar-refractivity contribution in [1.82, 2.24) is 0 Å². The summed E-state index contributed by atoms with van der Waals surface area (Å²) in [4.78, 5) is 0. The molecule has 0 aliphatic heterocycles. The summed E-state index contributed by atoms with van der Waals surface area (Å²) in [5.41, 5.74) is 0. The van der Waals surface area contributed by atoms with Gasteiger partial charge in [-0.25, -0.2) is 0 Å². The van der Waals surface area contributed by atoms with Crippen LogP contribution in [0.4, 0.5) is 0 Å². The number of rotatable bonds is 9. The highest BCUT2D eigenvalue weighted by atomic mass is 16.3. The molecule has 90 valence electrons. The molecule has 15 heavy (non-hydrogen) atoms. The standard InChI is InChI=1S/C12H24O3/c1-2-6-11(14)7-4-3-5-8-12(15)9-10-13/h9-15H,2-8H2,1H3. The normalized spacial score (nSPS) is 15.7. The molecule has 0 heterocycles. The van der Waals surface area contributed by atoms with Gasteiger partial charge in [0.2, 0.25) is 0 Å². The molecule has 0 radical (unpaired) electrons. The van der Waals surface area contributed by atoms with Crippen LogP contribution < -0.4 is 0 Å². The predicted octanol–water partition coefficient (Wildman–Crippen LogP) is 2.53. The van der Waals surface area contributed by atoms with Crippen molar-refractivity contribution in [2.75, 3.05) is 0 Å². The lowest BCUT2D eigenvalue weighted by Crippen LogP contribution is -2.05. The minimum atomic E-state index is -0.532. The summed E-state index contributed by atoms with van der Waals surface area (Å²) in [6.07, 6.45) is 8.00. The molecule has 0 spiro atoms. The second-order valence-corrected chi connectivity index (χ2v) is 3.99. The Bertz CT molecular complexity index is 157. The quantitative estimate of drug-likeness (QED) is 0.410. The lowest BCUT2D eigenvalue weighted by Gasteiger charge is -2.09. The van der Waals surface area contributed by atoms with Gasteiger partial charge < -0.3 is 15.3 Å². The molecule has 3 N–H and O–H groups in total. The summed E-state index contributed by atoms with van der Waals surface area (Å²) in [5, 5.41) is 27.1. The summed E-state index contributed by atoms with van der Waals surface area (Å²) in [6, 6.07) is 0. The third-order valence-electron chi connectivity index (χ3n) is 2.47. The zero-order chi connectivity index (χ0) is 11.5. The SMILES string of the molecule is CCCC(O)CCCCCC(O)C=CO. The van der Waals surface area contributed by atoms with Crippen LogP contribution >= 0.6 is 0 Å². The Morgan fingerprint density at radius 2 is 1.67 bits per heavy atom.